The number of hydrogen-bond donors (Lipinski definition) is 1. The van der Waals surface area contributed by atoms with Crippen LogP contribution >= 0.6 is 11.6 Å². The molecule has 2 rings (SSSR count). The Morgan fingerprint density at radius 3 is 2.37 bits per heavy atom. The third-order valence-corrected chi connectivity index (χ3v) is 2.84. The minimum Gasteiger partial charge on any atom is -0.367 e. The lowest BCUT2D eigenvalue weighted by Gasteiger charge is -2.08. The Labute approximate surface area is 118 Å². The van der Waals surface area contributed by atoms with E-state index in [9.17, 15) is 0 Å². The lowest BCUT2D eigenvalue weighted by Crippen LogP contribution is -2.13. The van der Waals surface area contributed by atoms with Crippen molar-refractivity contribution in [2.75, 3.05) is 5.32 Å². The topological polar surface area (TPSA) is 35.8 Å². The zero-order valence-electron chi connectivity index (χ0n) is 10.3. The quantitative estimate of drug-likeness (QED) is 0.894. The van der Waals surface area contributed by atoms with E-state index in [0.29, 0.717) is 5.02 Å². The van der Waals surface area contributed by atoms with E-state index in [-0.39, 0.29) is 6.04 Å². The zero-order chi connectivity index (χ0) is 13.5. The van der Waals surface area contributed by atoms with E-state index in [0.717, 1.165) is 11.3 Å². The molecule has 0 fully saturated rings. The van der Waals surface area contributed by atoms with Crippen LogP contribution in [0.2, 0.25) is 5.02 Å². The highest BCUT2D eigenvalue weighted by Gasteiger charge is 2.01. The van der Waals surface area contributed by atoms with Crippen molar-refractivity contribution in [3.63, 3.8) is 0 Å². The van der Waals surface area contributed by atoms with E-state index >= 15 is 0 Å². The van der Waals surface area contributed by atoms with E-state index in [4.69, 9.17) is 16.9 Å². The molecule has 0 saturated carbocycles. The fourth-order valence-corrected chi connectivity index (χ4v) is 1.74. The lowest BCUT2D eigenvalue weighted by atomic mass is 10.1. The molecular formula is C16H13ClN2. The molecule has 3 heteroatoms. The SMILES string of the molecule is N#CC(/C=C/c1ccc(Cl)cc1)Nc1ccccc1. The standard InChI is InChI=1S/C16H13ClN2/c17-14-9-6-13(7-10-14)8-11-16(12-18)19-15-4-2-1-3-5-15/h1-11,16,19H/b11-8+. The highest BCUT2D eigenvalue weighted by atomic mass is 35.5. The van der Waals surface area contributed by atoms with Gasteiger partial charge >= 0.3 is 0 Å². The van der Waals surface area contributed by atoms with E-state index in [2.05, 4.69) is 11.4 Å². The van der Waals surface area contributed by atoms with Gasteiger partial charge in [-0.2, -0.15) is 5.26 Å². The Balaban J connectivity index is 2.03. The van der Waals surface area contributed by atoms with Gasteiger partial charge in [0.05, 0.1) is 6.07 Å². The van der Waals surface area contributed by atoms with E-state index in [1.165, 1.54) is 0 Å². The molecule has 1 atom stereocenters. The number of nitrogens with zero attached hydrogens (tertiary/aromatic N) is 1. The third-order valence-electron chi connectivity index (χ3n) is 2.59. The van der Waals surface area contributed by atoms with Crippen molar-refractivity contribution in [2.24, 2.45) is 0 Å². The molecule has 0 aliphatic carbocycles. The number of nitriles is 1. The summed E-state index contributed by atoms with van der Waals surface area (Å²) in [7, 11) is 0. The Bertz CT molecular complexity index is 582. The van der Waals surface area contributed by atoms with Crippen LogP contribution in [0.4, 0.5) is 5.69 Å². The number of rotatable bonds is 4. The minimum absolute atomic E-state index is 0.363. The molecule has 1 N–H and O–H groups in total. The Morgan fingerprint density at radius 1 is 1.05 bits per heavy atom. The zero-order valence-corrected chi connectivity index (χ0v) is 11.0. The van der Waals surface area contributed by atoms with Crippen LogP contribution < -0.4 is 5.32 Å². The molecule has 0 aliphatic heterocycles. The van der Waals surface area contributed by atoms with Crippen LogP contribution in [0.15, 0.2) is 60.7 Å². The first-order valence-corrected chi connectivity index (χ1v) is 6.31. The normalized spacial score (nSPS) is 12.0. The molecular weight excluding hydrogens is 256 g/mol. The van der Waals surface area contributed by atoms with E-state index < -0.39 is 0 Å². The van der Waals surface area contributed by atoms with Crippen LogP contribution in [0.25, 0.3) is 6.08 Å². The molecule has 0 spiro atoms. The predicted octanol–water partition coefficient (Wildman–Crippen LogP) is 4.36. The molecule has 0 aliphatic rings. The molecule has 19 heavy (non-hydrogen) atoms. The smallest absolute Gasteiger partial charge is 0.133 e. The molecule has 0 bridgehead atoms. The molecule has 0 amide bonds. The summed E-state index contributed by atoms with van der Waals surface area (Å²) in [6.45, 7) is 0. The van der Waals surface area contributed by atoms with Crippen molar-refractivity contribution < 1.29 is 0 Å². The summed E-state index contributed by atoms with van der Waals surface area (Å²) < 4.78 is 0. The van der Waals surface area contributed by atoms with Gasteiger partial charge in [0.1, 0.15) is 6.04 Å². The average Bonchev–Trinajstić information content (AvgIpc) is 2.46. The highest BCUT2D eigenvalue weighted by Crippen LogP contribution is 2.12. The second-order valence-corrected chi connectivity index (χ2v) is 4.46. The van der Waals surface area contributed by atoms with Crippen LogP contribution in [-0.4, -0.2) is 6.04 Å². The Hall–Kier alpha value is -2.24. The molecule has 2 aromatic carbocycles. The summed E-state index contributed by atoms with van der Waals surface area (Å²) in [6.07, 6.45) is 3.73. The van der Waals surface area contributed by atoms with Gasteiger partial charge in [0.25, 0.3) is 0 Å². The van der Waals surface area contributed by atoms with Gasteiger partial charge in [-0.1, -0.05) is 48.0 Å². The summed E-state index contributed by atoms with van der Waals surface area (Å²) in [4.78, 5) is 0. The molecule has 1 unspecified atom stereocenters. The summed E-state index contributed by atoms with van der Waals surface area (Å²) in [5.41, 5.74) is 1.94. The average molecular weight is 269 g/mol. The van der Waals surface area contributed by atoms with Crippen LogP contribution in [0, 0.1) is 11.3 Å². The number of hydrogen-bond acceptors (Lipinski definition) is 2. The summed E-state index contributed by atoms with van der Waals surface area (Å²) >= 11 is 5.82. The maximum Gasteiger partial charge on any atom is 0.133 e. The van der Waals surface area contributed by atoms with Gasteiger partial charge in [-0.3, -0.25) is 0 Å². The van der Waals surface area contributed by atoms with Gasteiger partial charge in [-0.05, 0) is 35.9 Å². The van der Waals surface area contributed by atoms with Gasteiger partial charge < -0.3 is 5.32 Å². The molecule has 2 aromatic rings. The predicted molar refractivity (Wildman–Crippen MR) is 80.0 cm³/mol. The number of benzene rings is 2. The number of para-hydroxylation sites is 1. The van der Waals surface area contributed by atoms with E-state index in [1.54, 1.807) is 0 Å². The van der Waals surface area contributed by atoms with Gasteiger partial charge in [0, 0.05) is 10.7 Å². The molecule has 0 saturated heterocycles. The van der Waals surface area contributed by atoms with Gasteiger partial charge in [-0.15, -0.1) is 0 Å². The maximum atomic E-state index is 9.12. The minimum atomic E-state index is -0.363. The molecule has 0 radical (unpaired) electrons. The van der Waals surface area contributed by atoms with Crippen molar-refractivity contribution in [1.82, 2.24) is 0 Å². The monoisotopic (exact) mass is 268 g/mol. The number of halogens is 1. The first kappa shape index (κ1) is 13.2. The lowest BCUT2D eigenvalue weighted by molar-refractivity contribution is 1.12. The first-order valence-electron chi connectivity index (χ1n) is 5.93. The Morgan fingerprint density at radius 2 is 1.74 bits per heavy atom. The summed E-state index contributed by atoms with van der Waals surface area (Å²) in [5.74, 6) is 0. The van der Waals surface area contributed by atoms with Crippen molar-refractivity contribution >= 4 is 23.4 Å². The summed E-state index contributed by atoms with van der Waals surface area (Å²) in [5, 5.41) is 13.0. The van der Waals surface area contributed by atoms with Crippen LogP contribution in [-0.2, 0) is 0 Å². The van der Waals surface area contributed by atoms with Crippen LogP contribution in [0.3, 0.4) is 0 Å². The fourth-order valence-electron chi connectivity index (χ4n) is 1.62. The second kappa shape index (κ2) is 6.63. The van der Waals surface area contributed by atoms with Crippen LogP contribution in [0.1, 0.15) is 5.56 Å². The molecule has 0 heterocycles. The molecule has 0 aromatic heterocycles. The van der Waals surface area contributed by atoms with Crippen molar-refractivity contribution in [2.45, 2.75) is 6.04 Å². The van der Waals surface area contributed by atoms with Crippen molar-refractivity contribution in [1.29, 1.82) is 5.26 Å². The second-order valence-electron chi connectivity index (χ2n) is 4.03. The third kappa shape index (κ3) is 4.17. The maximum absolute atomic E-state index is 9.12. The Kier molecular flexibility index (Phi) is 4.60. The fraction of sp³-hybridized carbons (Fsp3) is 0.0625. The van der Waals surface area contributed by atoms with Crippen LogP contribution in [0.5, 0.6) is 0 Å². The number of anilines is 1. The number of nitrogens with one attached hydrogen (secondary N) is 1. The van der Waals surface area contributed by atoms with Crippen molar-refractivity contribution in [3.05, 3.63) is 71.3 Å². The summed E-state index contributed by atoms with van der Waals surface area (Å²) in [6, 6.07) is 19.0. The first-order chi connectivity index (χ1) is 9.28. The molecule has 2 nitrogen and oxygen atoms in total. The highest BCUT2D eigenvalue weighted by molar-refractivity contribution is 6.30. The molecule has 94 valence electrons. The largest absolute Gasteiger partial charge is 0.367 e. The van der Waals surface area contributed by atoms with Gasteiger partial charge in [-0.25, -0.2) is 0 Å². The van der Waals surface area contributed by atoms with Crippen molar-refractivity contribution in [3.8, 4) is 6.07 Å². The van der Waals surface area contributed by atoms with Gasteiger partial charge in [0.15, 0.2) is 0 Å². The van der Waals surface area contributed by atoms with E-state index in [1.807, 2.05) is 66.7 Å². The van der Waals surface area contributed by atoms with Gasteiger partial charge in [0.2, 0.25) is 0 Å².